The Bertz CT molecular complexity index is 566. The lowest BCUT2D eigenvalue weighted by Crippen LogP contribution is -2.25. The van der Waals surface area contributed by atoms with E-state index >= 15 is 0 Å². The van der Waals surface area contributed by atoms with Crippen LogP contribution in [0.1, 0.15) is 12.1 Å². The first-order valence-electron chi connectivity index (χ1n) is 5.58. The molecular formula is C11H14N4O2S. The molecule has 2 aromatic rings. The first kappa shape index (κ1) is 12.7. The Morgan fingerprint density at radius 3 is 2.67 bits per heavy atom. The summed E-state index contributed by atoms with van der Waals surface area (Å²) < 4.78 is 26.2. The molecule has 1 aromatic heterocycles. The molecule has 0 atom stereocenters. The van der Waals surface area contributed by atoms with Gasteiger partial charge >= 0.3 is 0 Å². The largest absolute Gasteiger partial charge is 0.240 e. The Hall–Kier alpha value is -1.73. The molecule has 0 saturated heterocycles. The number of hydrogen-bond acceptors (Lipinski definition) is 4. The molecule has 96 valence electrons. The maximum absolute atomic E-state index is 11.8. The van der Waals surface area contributed by atoms with Gasteiger partial charge in [0.15, 0.2) is 0 Å². The molecule has 0 aliphatic carbocycles. The van der Waals surface area contributed by atoms with Crippen molar-refractivity contribution in [1.29, 1.82) is 0 Å². The number of H-pyrrole nitrogens is 1. The molecule has 0 bridgehead atoms. The van der Waals surface area contributed by atoms with Crippen molar-refractivity contribution in [2.24, 2.45) is 0 Å². The highest BCUT2D eigenvalue weighted by molar-refractivity contribution is 7.89. The van der Waals surface area contributed by atoms with Crippen LogP contribution in [0, 0.1) is 0 Å². The van der Waals surface area contributed by atoms with Crippen LogP contribution >= 0.6 is 0 Å². The highest BCUT2D eigenvalue weighted by Gasteiger charge is 2.11. The minimum atomic E-state index is -3.40. The minimum absolute atomic E-state index is 0.284. The molecule has 1 heterocycles. The van der Waals surface area contributed by atoms with Crippen LogP contribution in [-0.4, -0.2) is 30.4 Å². The molecule has 0 radical (unpaired) electrons. The average molecular weight is 266 g/mol. The third kappa shape index (κ3) is 3.38. The molecule has 6 nitrogen and oxygen atoms in total. The number of aromatic amines is 1. The van der Waals surface area contributed by atoms with E-state index in [-0.39, 0.29) is 4.90 Å². The second kappa shape index (κ2) is 5.74. The number of benzene rings is 1. The fourth-order valence-electron chi connectivity index (χ4n) is 1.50. The third-order valence-electron chi connectivity index (χ3n) is 2.42. The van der Waals surface area contributed by atoms with Crippen LogP contribution in [-0.2, 0) is 16.4 Å². The molecule has 2 rings (SSSR count). The van der Waals surface area contributed by atoms with Crippen molar-refractivity contribution in [1.82, 2.24) is 20.1 Å². The van der Waals surface area contributed by atoms with E-state index in [1.54, 1.807) is 36.5 Å². The number of nitrogens with one attached hydrogen (secondary N) is 2. The molecule has 0 aliphatic rings. The summed E-state index contributed by atoms with van der Waals surface area (Å²) in [5.41, 5.74) is 0.828. The van der Waals surface area contributed by atoms with Crippen molar-refractivity contribution in [2.45, 2.75) is 17.7 Å². The van der Waals surface area contributed by atoms with E-state index in [0.717, 1.165) is 5.69 Å². The molecule has 0 fully saturated rings. The number of sulfonamides is 1. The number of aromatic nitrogens is 3. The Morgan fingerprint density at radius 1 is 1.22 bits per heavy atom. The van der Waals surface area contributed by atoms with Gasteiger partial charge < -0.3 is 0 Å². The summed E-state index contributed by atoms with van der Waals surface area (Å²) in [6, 6.07) is 8.32. The van der Waals surface area contributed by atoms with E-state index in [1.807, 2.05) is 0 Å². The topological polar surface area (TPSA) is 87.7 Å². The first-order valence-corrected chi connectivity index (χ1v) is 7.06. The standard InChI is InChI=1S/C11H14N4O2S/c16-18(17,11-6-2-1-3-7-11)13-8-4-5-10-9-12-15-14-10/h1-3,6-7,9,13H,4-5,8H2,(H,12,14,15). The summed E-state index contributed by atoms with van der Waals surface area (Å²) >= 11 is 0. The lowest BCUT2D eigenvalue weighted by molar-refractivity contribution is 0.578. The van der Waals surface area contributed by atoms with Crippen molar-refractivity contribution in [3.8, 4) is 0 Å². The number of hydrogen-bond donors (Lipinski definition) is 2. The van der Waals surface area contributed by atoms with Crippen LogP contribution < -0.4 is 4.72 Å². The van der Waals surface area contributed by atoms with Gasteiger partial charge in [0.1, 0.15) is 0 Å². The minimum Gasteiger partial charge on any atom is -0.211 e. The van der Waals surface area contributed by atoms with E-state index in [2.05, 4.69) is 20.1 Å². The molecule has 0 saturated carbocycles. The molecule has 18 heavy (non-hydrogen) atoms. The summed E-state index contributed by atoms with van der Waals surface area (Å²) in [6.45, 7) is 0.379. The fraction of sp³-hybridized carbons (Fsp3) is 0.273. The van der Waals surface area contributed by atoms with Crippen molar-refractivity contribution in [3.63, 3.8) is 0 Å². The van der Waals surface area contributed by atoms with Gasteiger partial charge in [0, 0.05) is 6.54 Å². The molecule has 7 heteroatoms. The highest BCUT2D eigenvalue weighted by atomic mass is 32.2. The summed E-state index contributed by atoms with van der Waals surface area (Å²) in [7, 11) is -3.40. The Labute approximate surface area is 105 Å². The van der Waals surface area contributed by atoms with Crippen molar-refractivity contribution in [2.75, 3.05) is 6.54 Å². The smallest absolute Gasteiger partial charge is 0.211 e. The average Bonchev–Trinajstić information content (AvgIpc) is 2.89. The van der Waals surface area contributed by atoms with Crippen LogP contribution in [0.2, 0.25) is 0 Å². The lowest BCUT2D eigenvalue weighted by Gasteiger charge is -2.05. The van der Waals surface area contributed by atoms with Crippen LogP contribution in [0.15, 0.2) is 41.4 Å². The SMILES string of the molecule is O=S(=O)(NCCCc1cn[nH]n1)c1ccccc1. The van der Waals surface area contributed by atoms with Gasteiger partial charge in [0.2, 0.25) is 10.0 Å². The van der Waals surface area contributed by atoms with Crippen LogP contribution in [0.4, 0.5) is 0 Å². The fourth-order valence-corrected chi connectivity index (χ4v) is 2.60. The summed E-state index contributed by atoms with van der Waals surface area (Å²) in [6.07, 6.45) is 3.00. The maximum Gasteiger partial charge on any atom is 0.240 e. The zero-order valence-corrected chi connectivity index (χ0v) is 10.5. The van der Waals surface area contributed by atoms with Crippen LogP contribution in [0.5, 0.6) is 0 Å². The van der Waals surface area contributed by atoms with Crippen molar-refractivity contribution in [3.05, 3.63) is 42.2 Å². The number of nitrogens with zero attached hydrogens (tertiary/aromatic N) is 2. The highest BCUT2D eigenvalue weighted by Crippen LogP contribution is 2.07. The summed E-state index contributed by atoms with van der Waals surface area (Å²) in [4.78, 5) is 0.284. The molecule has 0 aliphatic heterocycles. The van der Waals surface area contributed by atoms with E-state index in [0.29, 0.717) is 19.4 Å². The second-order valence-electron chi connectivity index (χ2n) is 3.78. The summed E-state index contributed by atoms with van der Waals surface area (Å²) in [5, 5.41) is 10.1. The molecule has 0 spiro atoms. The molecule has 0 unspecified atom stereocenters. The second-order valence-corrected chi connectivity index (χ2v) is 5.54. The Balaban J connectivity index is 1.83. The van der Waals surface area contributed by atoms with Crippen molar-refractivity contribution >= 4 is 10.0 Å². The number of aryl methyl sites for hydroxylation is 1. The first-order chi connectivity index (χ1) is 8.68. The van der Waals surface area contributed by atoms with Crippen LogP contribution in [0.25, 0.3) is 0 Å². The van der Waals surface area contributed by atoms with Gasteiger partial charge in [-0.05, 0) is 25.0 Å². The lowest BCUT2D eigenvalue weighted by atomic mass is 10.2. The molecule has 0 amide bonds. The van der Waals surface area contributed by atoms with Crippen LogP contribution in [0.3, 0.4) is 0 Å². The van der Waals surface area contributed by atoms with E-state index in [1.165, 1.54) is 0 Å². The van der Waals surface area contributed by atoms with Gasteiger partial charge in [-0.2, -0.15) is 15.4 Å². The van der Waals surface area contributed by atoms with Crippen molar-refractivity contribution < 1.29 is 8.42 Å². The zero-order chi connectivity index (χ0) is 12.8. The maximum atomic E-state index is 11.8. The molecule has 2 N–H and O–H groups in total. The molecular weight excluding hydrogens is 252 g/mol. The molecule has 1 aromatic carbocycles. The van der Waals surface area contributed by atoms with Gasteiger partial charge in [-0.25, -0.2) is 13.1 Å². The van der Waals surface area contributed by atoms with Gasteiger partial charge in [-0.1, -0.05) is 18.2 Å². The Kier molecular flexibility index (Phi) is 4.06. The quantitative estimate of drug-likeness (QED) is 0.754. The van der Waals surface area contributed by atoms with Gasteiger partial charge in [-0.3, -0.25) is 0 Å². The van der Waals surface area contributed by atoms with E-state index < -0.39 is 10.0 Å². The summed E-state index contributed by atoms with van der Waals surface area (Å²) in [5.74, 6) is 0. The van der Waals surface area contributed by atoms with E-state index in [9.17, 15) is 8.42 Å². The monoisotopic (exact) mass is 266 g/mol. The number of rotatable bonds is 6. The third-order valence-corrected chi connectivity index (χ3v) is 3.90. The van der Waals surface area contributed by atoms with Gasteiger partial charge in [0.25, 0.3) is 0 Å². The Morgan fingerprint density at radius 2 is 2.00 bits per heavy atom. The zero-order valence-electron chi connectivity index (χ0n) is 9.70. The predicted molar refractivity (Wildman–Crippen MR) is 66.3 cm³/mol. The van der Waals surface area contributed by atoms with E-state index in [4.69, 9.17) is 0 Å². The van der Waals surface area contributed by atoms with Gasteiger partial charge in [-0.15, -0.1) is 0 Å². The predicted octanol–water partition coefficient (Wildman–Crippen LogP) is 0.716. The van der Waals surface area contributed by atoms with Gasteiger partial charge in [0.05, 0.1) is 16.8 Å². The normalized spacial score (nSPS) is 11.6.